The third-order valence-corrected chi connectivity index (χ3v) is 5.73. The van der Waals surface area contributed by atoms with Crippen LogP contribution in [0.1, 0.15) is 60.7 Å². The Balaban J connectivity index is 2.24. The summed E-state index contributed by atoms with van der Waals surface area (Å²) < 4.78 is 4.78. The number of thiophene rings is 1. The smallest absolute Gasteiger partial charge is 0.340 e. The van der Waals surface area contributed by atoms with E-state index in [0.717, 1.165) is 17.7 Å². The number of carboxylic acids is 1. The van der Waals surface area contributed by atoms with Crippen LogP contribution >= 0.6 is 11.3 Å². The fraction of sp³-hybridized carbons (Fsp3) is 0.588. The highest BCUT2D eigenvalue weighted by molar-refractivity contribution is 7.16. The number of amides is 1. The molecule has 1 aromatic heterocycles. The van der Waals surface area contributed by atoms with Crippen LogP contribution < -0.4 is 5.32 Å². The van der Waals surface area contributed by atoms with Gasteiger partial charge in [0.25, 0.3) is 0 Å². The first-order valence-corrected chi connectivity index (χ1v) is 8.92. The molecule has 1 saturated carbocycles. The second-order valence-electron chi connectivity index (χ2n) is 6.36. The number of hydrogen-bond acceptors (Lipinski definition) is 5. The van der Waals surface area contributed by atoms with Gasteiger partial charge in [-0.1, -0.05) is 26.7 Å². The maximum absolute atomic E-state index is 12.6. The highest BCUT2D eigenvalue weighted by Gasteiger charge is 2.36. The standard InChI is InChI=1S/C17H23NO5S/c1-9(2)13-8-12(17(22)23-3)15(24-13)18-14(19)10-6-4-5-7-11(10)16(20)21/h8-11H,4-7H2,1-3H3,(H,18,19)(H,20,21)/t10-,11-/m0/s1. The summed E-state index contributed by atoms with van der Waals surface area (Å²) in [6.45, 7) is 4.00. The zero-order chi connectivity index (χ0) is 17.9. The van der Waals surface area contributed by atoms with Crippen molar-refractivity contribution in [1.82, 2.24) is 0 Å². The normalized spacial score (nSPS) is 20.7. The Kier molecular flexibility index (Phi) is 5.99. The summed E-state index contributed by atoms with van der Waals surface area (Å²) in [5.74, 6) is -2.78. The monoisotopic (exact) mass is 353 g/mol. The van der Waals surface area contributed by atoms with Crippen LogP contribution in [0.4, 0.5) is 5.00 Å². The molecular weight excluding hydrogens is 330 g/mol. The molecule has 1 amide bonds. The largest absolute Gasteiger partial charge is 0.481 e. The van der Waals surface area contributed by atoms with E-state index in [0.29, 0.717) is 23.4 Å². The minimum absolute atomic E-state index is 0.213. The van der Waals surface area contributed by atoms with E-state index in [1.54, 1.807) is 6.07 Å². The summed E-state index contributed by atoms with van der Waals surface area (Å²) in [7, 11) is 1.29. The van der Waals surface area contributed by atoms with Crippen LogP contribution in [-0.2, 0) is 14.3 Å². The van der Waals surface area contributed by atoms with E-state index < -0.39 is 23.8 Å². The minimum atomic E-state index is -0.933. The predicted octanol–water partition coefficient (Wildman–Crippen LogP) is 3.49. The van der Waals surface area contributed by atoms with Crippen molar-refractivity contribution in [2.75, 3.05) is 12.4 Å². The van der Waals surface area contributed by atoms with Crippen molar-refractivity contribution in [3.63, 3.8) is 0 Å². The van der Waals surface area contributed by atoms with Gasteiger partial charge in [-0.15, -0.1) is 11.3 Å². The molecule has 2 atom stereocenters. The SMILES string of the molecule is COC(=O)c1cc(C(C)C)sc1NC(=O)[C@H]1CCCC[C@@H]1C(=O)O. The highest BCUT2D eigenvalue weighted by atomic mass is 32.1. The second-order valence-corrected chi connectivity index (χ2v) is 7.45. The molecule has 0 spiro atoms. The number of methoxy groups -OCH3 is 1. The van der Waals surface area contributed by atoms with Gasteiger partial charge < -0.3 is 15.2 Å². The van der Waals surface area contributed by atoms with Gasteiger partial charge in [-0.3, -0.25) is 9.59 Å². The average Bonchev–Trinajstić information content (AvgIpc) is 2.98. The van der Waals surface area contributed by atoms with E-state index in [2.05, 4.69) is 5.32 Å². The Morgan fingerprint density at radius 3 is 2.42 bits per heavy atom. The number of carboxylic acid groups (broad SMARTS) is 1. The van der Waals surface area contributed by atoms with Crippen LogP contribution in [0.25, 0.3) is 0 Å². The third-order valence-electron chi connectivity index (χ3n) is 4.38. The summed E-state index contributed by atoms with van der Waals surface area (Å²) in [6.07, 6.45) is 2.73. The summed E-state index contributed by atoms with van der Waals surface area (Å²) >= 11 is 1.33. The van der Waals surface area contributed by atoms with Crippen molar-refractivity contribution in [1.29, 1.82) is 0 Å². The van der Waals surface area contributed by atoms with Crippen molar-refractivity contribution in [2.45, 2.75) is 45.4 Å². The molecule has 1 aliphatic carbocycles. The Morgan fingerprint density at radius 2 is 1.88 bits per heavy atom. The molecule has 2 rings (SSSR count). The maximum atomic E-state index is 12.6. The number of esters is 1. The van der Waals surface area contributed by atoms with Gasteiger partial charge in [-0.2, -0.15) is 0 Å². The molecule has 7 heteroatoms. The summed E-state index contributed by atoms with van der Waals surface area (Å²) in [5, 5.41) is 12.5. The van der Waals surface area contributed by atoms with Crippen LogP contribution in [0.5, 0.6) is 0 Å². The zero-order valence-electron chi connectivity index (χ0n) is 14.1. The van der Waals surface area contributed by atoms with Crippen LogP contribution in [0, 0.1) is 11.8 Å². The van der Waals surface area contributed by atoms with Gasteiger partial charge in [0.15, 0.2) is 0 Å². The lowest BCUT2D eigenvalue weighted by Gasteiger charge is -2.27. The Morgan fingerprint density at radius 1 is 1.25 bits per heavy atom. The Hall–Kier alpha value is -1.89. The molecule has 0 unspecified atom stereocenters. The minimum Gasteiger partial charge on any atom is -0.481 e. The topological polar surface area (TPSA) is 92.7 Å². The van der Waals surface area contributed by atoms with Crippen molar-refractivity contribution in [3.8, 4) is 0 Å². The molecule has 0 radical (unpaired) electrons. The van der Waals surface area contributed by atoms with E-state index in [1.165, 1.54) is 18.4 Å². The first-order chi connectivity index (χ1) is 11.3. The number of carbonyl (C=O) groups excluding carboxylic acids is 2. The molecule has 2 N–H and O–H groups in total. The number of anilines is 1. The first-order valence-electron chi connectivity index (χ1n) is 8.10. The van der Waals surface area contributed by atoms with E-state index in [4.69, 9.17) is 4.74 Å². The molecule has 0 bridgehead atoms. The molecule has 1 aromatic rings. The summed E-state index contributed by atoms with van der Waals surface area (Å²) in [4.78, 5) is 36.9. The Labute approximate surface area is 145 Å². The quantitative estimate of drug-likeness (QED) is 0.791. The van der Waals surface area contributed by atoms with Gasteiger partial charge in [0.2, 0.25) is 5.91 Å². The molecule has 132 valence electrons. The van der Waals surface area contributed by atoms with Crippen LogP contribution in [-0.4, -0.2) is 30.1 Å². The predicted molar refractivity (Wildman–Crippen MR) is 91.5 cm³/mol. The van der Waals surface area contributed by atoms with Gasteiger partial charge >= 0.3 is 11.9 Å². The van der Waals surface area contributed by atoms with Gasteiger partial charge in [0.05, 0.1) is 24.5 Å². The highest BCUT2D eigenvalue weighted by Crippen LogP contribution is 2.36. The Bertz CT molecular complexity index is 637. The summed E-state index contributed by atoms with van der Waals surface area (Å²) in [6, 6.07) is 1.73. The van der Waals surface area contributed by atoms with E-state index >= 15 is 0 Å². The number of aliphatic carboxylic acids is 1. The van der Waals surface area contributed by atoms with Crippen molar-refractivity contribution < 1.29 is 24.2 Å². The van der Waals surface area contributed by atoms with Gasteiger partial charge in [0, 0.05) is 4.88 Å². The number of carbonyl (C=O) groups is 3. The maximum Gasteiger partial charge on any atom is 0.340 e. The third kappa shape index (κ3) is 3.95. The van der Waals surface area contributed by atoms with Gasteiger partial charge in [0.1, 0.15) is 5.00 Å². The first kappa shape index (κ1) is 18.4. The lowest BCUT2D eigenvalue weighted by molar-refractivity contribution is -0.147. The number of rotatable bonds is 5. The van der Waals surface area contributed by atoms with Crippen molar-refractivity contribution >= 4 is 34.2 Å². The van der Waals surface area contributed by atoms with E-state index in [-0.39, 0.29) is 11.8 Å². The number of ether oxygens (including phenoxy) is 1. The number of hydrogen-bond donors (Lipinski definition) is 2. The molecule has 1 aliphatic rings. The molecule has 0 saturated heterocycles. The van der Waals surface area contributed by atoms with E-state index in [1.807, 2.05) is 13.8 Å². The number of nitrogens with one attached hydrogen (secondary N) is 1. The lowest BCUT2D eigenvalue weighted by atomic mass is 9.79. The summed E-state index contributed by atoms with van der Waals surface area (Å²) in [5.41, 5.74) is 0.322. The van der Waals surface area contributed by atoms with Crippen LogP contribution in [0.2, 0.25) is 0 Å². The van der Waals surface area contributed by atoms with Crippen LogP contribution in [0.15, 0.2) is 6.07 Å². The van der Waals surface area contributed by atoms with Crippen molar-refractivity contribution in [3.05, 3.63) is 16.5 Å². The molecule has 1 fully saturated rings. The lowest BCUT2D eigenvalue weighted by Crippen LogP contribution is -2.36. The average molecular weight is 353 g/mol. The second kappa shape index (κ2) is 7.79. The molecule has 6 nitrogen and oxygen atoms in total. The van der Waals surface area contributed by atoms with Crippen LogP contribution in [0.3, 0.4) is 0 Å². The van der Waals surface area contributed by atoms with Crippen molar-refractivity contribution in [2.24, 2.45) is 11.8 Å². The molecule has 0 aliphatic heterocycles. The van der Waals surface area contributed by atoms with Gasteiger partial charge in [-0.25, -0.2) is 4.79 Å². The van der Waals surface area contributed by atoms with Gasteiger partial charge in [-0.05, 0) is 24.8 Å². The zero-order valence-corrected chi connectivity index (χ0v) is 14.9. The molecule has 24 heavy (non-hydrogen) atoms. The molecule has 0 aromatic carbocycles. The fourth-order valence-corrected chi connectivity index (χ4v) is 4.05. The van der Waals surface area contributed by atoms with E-state index in [9.17, 15) is 19.5 Å². The molecule has 1 heterocycles. The fourth-order valence-electron chi connectivity index (χ4n) is 2.99. The molecular formula is C17H23NO5S.